The lowest BCUT2D eigenvalue weighted by Gasteiger charge is -2.02. The zero-order valence-electron chi connectivity index (χ0n) is 6.41. The molecule has 0 fully saturated rings. The number of nitriles is 1. The minimum Gasteiger partial charge on any atom is -0.283 e. The molecule has 0 atom stereocenters. The molecule has 0 N–H and O–H groups in total. The molecule has 1 aromatic heterocycles. The van der Waals surface area contributed by atoms with E-state index in [1.165, 1.54) is 10.6 Å². The zero-order chi connectivity index (χ0) is 9.14. The summed E-state index contributed by atoms with van der Waals surface area (Å²) in [6.07, 6.45) is 0. The Morgan fingerprint density at radius 1 is 1.83 bits per heavy atom. The maximum absolute atomic E-state index is 11.1. The molecule has 0 aliphatic heterocycles. The maximum Gasteiger partial charge on any atom is 0.255 e. The Morgan fingerprint density at radius 3 is 3.00 bits per heavy atom. The second-order valence-electron chi connectivity index (χ2n) is 2.21. The number of hydrogen-bond donors (Lipinski definition) is 0. The first kappa shape index (κ1) is 8.75. The molecule has 0 saturated carbocycles. The molecule has 4 nitrogen and oxygen atoms in total. The highest BCUT2D eigenvalue weighted by molar-refractivity contribution is 6.29. The van der Waals surface area contributed by atoms with Crippen LogP contribution in [0.15, 0.2) is 10.9 Å². The van der Waals surface area contributed by atoms with Gasteiger partial charge in [-0.15, -0.1) is 0 Å². The normalized spacial score (nSPS) is 9.42. The molecule has 0 bridgehead atoms. The highest BCUT2D eigenvalue weighted by Crippen LogP contribution is 2.00. The smallest absolute Gasteiger partial charge is 0.255 e. The van der Waals surface area contributed by atoms with E-state index in [0.29, 0.717) is 5.82 Å². The minimum atomic E-state index is -0.297. The zero-order valence-corrected chi connectivity index (χ0v) is 7.17. The Bertz CT molecular complexity index is 391. The first-order valence-electron chi connectivity index (χ1n) is 3.26. The van der Waals surface area contributed by atoms with E-state index in [1.807, 2.05) is 6.07 Å². The number of halogens is 1. The maximum atomic E-state index is 11.1. The number of aryl methyl sites for hydroxylation is 1. The van der Waals surface area contributed by atoms with Crippen molar-refractivity contribution >= 4 is 11.6 Å². The summed E-state index contributed by atoms with van der Waals surface area (Å²) < 4.78 is 1.26. The molecule has 0 aliphatic carbocycles. The number of rotatable bonds is 1. The molecule has 0 spiro atoms. The Labute approximate surface area is 74.0 Å². The first-order chi connectivity index (χ1) is 5.65. The van der Waals surface area contributed by atoms with Gasteiger partial charge in [-0.2, -0.15) is 5.26 Å². The van der Waals surface area contributed by atoms with Crippen LogP contribution >= 0.6 is 11.6 Å². The van der Waals surface area contributed by atoms with Crippen molar-refractivity contribution in [3.8, 4) is 6.07 Å². The first-order valence-corrected chi connectivity index (χ1v) is 3.64. The van der Waals surface area contributed by atoms with Gasteiger partial charge in [-0.05, 0) is 6.92 Å². The van der Waals surface area contributed by atoms with E-state index in [2.05, 4.69) is 4.98 Å². The van der Waals surface area contributed by atoms with Crippen molar-refractivity contribution in [3.63, 3.8) is 0 Å². The molecule has 0 radical (unpaired) electrons. The molecule has 1 rings (SSSR count). The fraction of sp³-hybridized carbons (Fsp3) is 0.286. The Morgan fingerprint density at radius 2 is 2.50 bits per heavy atom. The van der Waals surface area contributed by atoms with Crippen molar-refractivity contribution in [2.24, 2.45) is 0 Å². The predicted octanol–water partition coefficient (Wildman–Crippen LogP) is 0.729. The summed E-state index contributed by atoms with van der Waals surface area (Å²) >= 11 is 5.52. The van der Waals surface area contributed by atoms with Crippen LogP contribution < -0.4 is 5.56 Å². The Kier molecular flexibility index (Phi) is 2.46. The van der Waals surface area contributed by atoms with E-state index < -0.39 is 0 Å². The summed E-state index contributed by atoms with van der Waals surface area (Å²) in [5.41, 5.74) is -0.297. The van der Waals surface area contributed by atoms with E-state index >= 15 is 0 Å². The van der Waals surface area contributed by atoms with Crippen LogP contribution in [0, 0.1) is 18.3 Å². The third kappa shape index (κ3) is 1.63. The highest BCUT2D eigenvalue weighted by Gasteiger charge is 2.01. The standard InChI is InChI=1S/C7H6ClN3O/c1-5-10-6(8)4-7(12)11(5)3-2-9/h4H,3H2,1H3. The van der Waals surface area contributed by atoms with Gasteiger partial charge < -0.3 is 0 Å². The molecular formula is C7H6ClN3O. The second kappa shape index (κ2) is 3.37. The second-order valence-corrected chi connectivity index (χ2v) is 2.60. The highest BCUT2D eigenvalue weighted by atomic mass is 35.5. The van der Waals surface area contributed by atoms with Gasteiger partial charge in [0.25, 0.3) is 5.56 Å². The molecule has 12 heavy (non-hydrogen) atoms. The fourth-order valence-corrected chi connectivity index (χ4v) is 1.07. The Balaban J connectivity index is 3.31. The van der Waals surface area contributed by atoms with Gasteiger partial charge in [-0.3, -0.25) is 9.36 Å². The quantitative estimate of drug-likeness (QED) is 0.603. The Hall–Kier alpha value is -1.34. The van der Waals surface area contributed by atoms with Crippen molar-refractivity contribution in [1.82, 2.24) is 9.55 Å². The SMILES string of the molecule is Cc1nc(Cl)cc(=O)n1CC#N. The van der Waals surface area contributed by atoms with E-state index in [1.54, 1.807) is 6.92 Å². The predicted molar refractivity (Wildman–Crippen MR) is 43.9 cm³/mol. The average Bonchev–Trinajstić information content (AvgIpc) is 1.96. The van der Waals surface area contributed by atoms with Gasteiger partial charge in [0.1, 0.15) is 17.5 Å². The molecule has 0 saturated heterocycles. The number of aromatic nitrogens is 2. The number of hydrogen-bond acceptors (Lipinski definition) is 3. The minimum absolute atomic E-state index is 0.00877. The van der Waals surface area contributed by atoms with Gasteiger partial charge in [0, 0.05) is 6.07 Å². The molecule has 0 amide bonds. The van der Waals surface area contributed by atoms with Crippen molar-refractivity contribution in [1.29, 1.82) is 5.26 Å². The molecule has 0 aromatic carbocycles. The summed E-state index contributed by atoms with van der Waals surface area (Å²) in [6, 6.07) is 3.05. The topological polar surface area (TPSA) is 58.7 Å². The van der Waals surface area contributed by atoms with E-state index in [9.17, 15) is 4.79 Å². The van der Waals surface area contributed by atoms with Crippen molar-refractivity contribution < 1.29 is 0 Å². The summed E-state index contributed by atoms with van der Waals surface area (Å²) in [7, 11) is 0. The van der Waals surface area contributed by atoms with Crippen LogP contribution in [0.3, 0.4) is 0 Å². The van der Waals surface area contributed by atoms with Gasteiger partial charge >= 0.3 is 0 Å². The molecule has 1 heterocycles. The number of nitrogens with zero attached hydrogens (tertiary/aromatic N) is 3. The molecule has 5 heteroatoms. The molecule has 1 aromatic rings. The van der Waals surface area contributed by atoms with Gasteiger partial charge in [0.15, 0.2) is 0 Å². The van der Waals surface area contributed by atoms with E-state index in [0.717, 1.165) is 0 Å². The van der Waals surface area contributed by atoms with E-state index in [-0.39, 0.29) is 17.3 Å². The van der Waals surface area contributed by atoms with Crippen LogP contribution in [0.25, 0.3) is 0 Å². The van der Waals surface area contributed by atoms with Crippen LogP contribution in [0.2, 0.25) is 5.15 Å². The van der Waals surface area contributed by atoms with Crippen molar-refractivity contribution in [2.75, 3.05) is 0 Å². The van der Waals surface area contributed by atoms with Crippen molar-refractivity contribution in [3.05, 3.63) is 27.4 Å². The summed E-state index contributed by atoms with van der Waals surface area (Å²) in [5.74, 6) is 0.453. The molecule has 0 unspecified atom stereocenters. The average molecular weight is 184 g/mol. The van der Waals surface area contributed by atoms with Crippen LogP contribution in [-0.2, 0) is 6.54 Å². The van der Waals surface area contributed by atoms with Crippen LogP contribution in [-0.4, -0.2) is 9.55 Å². The van der Waals surface area contributed by atoms with Gasteiger partial charge in [-0.1, -0.05) is 11.6 Å². The lowest BCUT2D eigenvalue weighted by Crippen LogP contribution is -2.22. The molecule has 0 aliphatic rings. The van der Waals surface area contributed by atoms with Crippen LogP contribution in [0.5, 0.6) is 0 Å². The van der Waals surface area contributed by atoms with E-state index in [4.69, 9.17) is 16.9 Å². The monoisotopic (exact) mass is 183 g/mol. The third-order valence-electron chi connectivity index (χ3n) is 1.40. The lowest BCUT2D eigenvalue weighted by atomic mass is 10.5. The van der Waals surface area contributed by atoms with Crippen LogP contribution in [0.1, 0.15) is 5.82 Å². The molecular weight excluding hydrogens is 178 g/mol. The summed E-state index contributed by atoms with van der Waals surface area (Å²) in [4.78, 5) is 15.0. The van der Waals surface area contributed by atoms with Crippen molar-refractivity contribution in [2.45, 2.75) is 13.5 Å². The van der Waals surface area contributed by atoms with Gasteiger partial charge in [0.05, 0.1) is 6.07 Å². The van der Waals surface area contributed by atoms with Gasteiger partial charge in [-0.25, -0.2) is 4.98 Å². The molecule has 62 valence electrons. The fourth-order valence-electron chi connectivity index (χ4n) is 0.850. The lowest BCUT2D eigenvalue weighted by molar-refractivity contribution is 0.722. The van der Waals surface area contributed by atoms with Crippen LogP contribution in [0.4, 0.5) is 0 Å². The summed E-state index contributed by atoms with van der Waals surface area (Å²) in [5, 5.41) is 8.53. The largest absolute Gasteiger partial charge is 0.283 e. The van der Waals surface area contributed by atoms with Gasteiger partial charge in [0.2, 0.25) is 0 Å². The third-order valence-corrected chi connectivity index (χ3v) is 1.59. The summed E-state index contributed by atoms with van der Waals surface area (Å²) in [6.45, 7) is 1.64.